The zero-order valence-corrected chi connectivity index (χ0v) is 17.2. The van der Waals surface area contributed by atoms with Crippen LogP contribution in [0.15, 0.2) is 24.3 Å². The lowest BCUT2D eigenvalue weighted by Gasteiger charge is -2.19. The van der Waals surface area contributed by atoms with Gasteiger partial charge in [0, 0.05) is 25.3 Å². The van der Waals surface area contributed by atoms with Crippen molar-refractivity contribution in [3.8, 4) is 0 Å². The highest BCUT2D eigenvalue weighted by atomic mass is 16.3. The van der Waals surface area contributed by atoms with Crippen molar-refractivity contribution in [2.24, 2.45) is 11.8 Å². The highest BCUT2D eigenvalue weighted by Gasteiger charge is 2.39. The third kappa shape index (κ3) is 9.82. The summed E-state index contributed by atoms with van der Waals surface area (Å²) >= 11 is 0. The summed E-state index contributed by atoms with van der Waals surface area (Å²) in [7, 11) is 0. The van der Waals surface area contributed by atoms with Crippen LogP contribution in [-0.2, 0) is 4.79 Å². The van der Waals surface area contributed by atoms with E-state index >= 15 is 0 Å². The highest BCUT2D eigenvalue weighted by Crippen LogP contribution is 2.36. The molecule has 0 unspecified atom stereocenters. The Balaban J connectivity index is 2.39. The number of nitrogens with one attached hydrogen (secondary N) is 1. The molecular formula is C22H39NO5. The van der Waals surface area contributed by atoms with E-state index in [1.807, 2.05) is 18.2 Å². The van der Waals surface area contributed by atoms with Crippen LogP contribution in [0.5, 0.6) is 0 Å². The molecule has 0 aliphatic heterocycles. The highest BCUT2D eigenvalue weighted by molar-refractivity contribution is 5.75. The fourth-order valence-corrected chi connectivity index (χ4v) is 3.70. The van der Waals surface area contributed by atoms with Crippen LogP contribution < -0.4 is 5.32 Å². The number of amides is 1. The van der Waals surface area contributed by atoms with Crippen LogP contribution in [0.2, 0.25) is 0 Å². The summed E-state index contributed by atoms with van der Waals surface area (Å²) in [6.45, 7) is 2.37. The minimum absolute atomic E-state index is 0.0490. The topological polar surface area (TPSA) is 110 Å². The Morgan fingerprint density at radius 2 is 1.96 bits per heavy atom. The van der Waals surface area contributed by atoms with Crippen molar-refractivity contribution in [3.05, 3.63) is 24.3 Å². The van der Waals surface area contributed by atoms with Gasteiger partial charge in [0.1, 0.15) is 0 Å². The molecule has 0 saturated heterocycles. The van der Waals surface area contributed by atoms with Gasteiger partial charge in [0.05, 0.1) is 24.9 Å². The quantitative estimate of drug-likeness (QED) is 0.228. The van der Waals surface area contributed by atoms with E-state index in [2.05, 4.69) is 12.2 Å². The molecule has 6 heteroatoms. The summed E-state index contributed by atoms with van der Waals surface area (Å²) in [6.07, 6.45) is 12.9. The largest absolute Gasteiger partial charge is 0.395 e. The standard InChI is InChI=1S/C22H39NO5/c1-2-3-6-9-17(25)12-13-19-18(20(26)16-21(19)27)10-7-4-5-8-11-22(28)23-14-15-24/h4,7,12-13,17-21,24-27H,2-3,5-6,8-11,14-16H2,1H3,(H,23,28)/b7-4-,13-12+/t17-,18+,19-,20-,21+/m1/s1. The number of carbonyl (C=O) groups excluding carboxylic acids is 1. The molecule has 0 radical (unpaired) electrons. The Hall–Kier alpha value is -1.21. The van der Waals surface area contributed by atoms with Gasteiger partial charge in [-0.25, -0.2) is 0 Å². The fourth-order valence-electron chi connectivity index (χ4n) is 3.70. The number of hydrogen-bond donors (Lipinski definition) is 5. The summed E-state index contributed by atoms with van der Waals surface area (Å²) in [5.41, 5.74) is 0. The molecule has 5 atom stereocenters. The molecule has 0 aromatic rings. The maximum atomic E-state index is 11.4. The lowest BCUT2D eigenvalue weighted by molar-refractivity contribution is -0.121. The minimum atomic E-state index is -0.581. The second-order valence-electron chi connectivity index (χ2n) is 7.73. The molecule has 0 aromatic carbocycles. The smallest absolute Gasteiger partial charge is 0.220 e. The Labute approximate surface area is 169 Å². The molecule has 0 spiro atoms. The van der Waals surface area contributed by atoms with E-state index in [9.17, 15) is 20.1 Å². The van der Waals surface area contributed by atoms with Crippen molar-refractivity contribution >= 4 is 5.91 Å². The zero-order valence-electron chi connectivity index (χ0n) is 17.2. The third-order valence-corrected chi connectivity index (χ3v) is 5.36. The minimum Gasteiger partial charge on any atom is -0.395 e. The predicted octanol–water partition coefficient (Wildman–Crippen LogP) is 2.07. The lowest BCUT2D eigenvalue weighted by atomic mass is 9.89. The number of rotatable bonds is 14. The first-order valence-electron chi connectivity index (χ1n) is 10.7. The van der Waals surface area contributed by atoms with Gasteiger partial charge in [-0.15, -0.1) is 0 Å². The fraction of sp³-hybridized carbons (Fsp3) is 0.773. The van der Waals surface area contributed by atoms with Gasteiger partial charge in [0.2, 0.25) is 5.91 Å². The van der Waals surface area contributed by atoms with Crippen LogP contribution in [0.25, 0.3) is 0 Å². The van der Waals surface area contributed by atoms with E-state index in [0.717, 1.165) is 38.5 Å². The van der Waals surface area contributed by atoms with Crippen LogP contribution in [0.4, 0.5) is 0 Å². The summed E-state index contributed by atoms with van der Waals surface area (Å²) in [5.74, 6) is -0.262. The van der Waals surface area contributed by atoms with Gasteiger partial charge in [-0.1, -0.05) is 50.5 Å². The molecule has 1 amide bonds. The molecule has 0 bridgehead atoms. The first-order chi connectivity index (χ1) is 13.5. The predicted molar refractivity (Wildman–Crippen MR) is 111 cm³/mol. The zero-order chi connectivity index (χ0) is 20.8. The first-order valence-corrected chi connectivity index (χ1v) is 10.7. The second kappa shape index (κ2) is 14.7. The monoisotopic (exact) mass is 397 g/mol. The van der Waals surface area contributed by atoms with Gasteiger partial charge >= 0.3 is 0 Å². The van der Waals surface area contributed by atoms with E-state index in [0.29, 0.717) is 25.8 Å². The van der Waals surface area contributed by atoms with Crippen LogP contribution in [0.3, 0.4) is 0 Å². The van der Waals surface area contributed by atoms with E-state index in [-0.39, 0.29) is 24.3 Å². The molecule has 1 fully saturated rings. The van der Waals surface area contributed by atoms with E-state index in [1.165, 1.54) is 0 Å². The van der Waals surface area contributed by atoms with Crippen molar-refractivity contribution in [2.75, 3.05) is 13.2 Å². The van der Waals surface area contributed by atoms with Gasteiger partial charge in [-0.3, -0.25) is 4.79 Å². The van der Waals surface area contributed by atoms with Crippen molar-refractivity contribution in [2.45, 2.75) is 83.0 Å². The molecule has 0 heterocycles. The number of unbranched alkanes of at least 4 members (excludes halogenated alkanes) is 3. The lowest BCUT2D eigenvalue weighted by Crippen LogP contribution is -2.25. The first kappa shape index (κ1) is 24.8. The summed E-state index contributed by atoms with van der Waals surface area (Å²) in [5, 5.41) is 41.8. The molecule has 5 N–H and O–H groups in total. The molecule has 1 aliphatic carbocycles. The second-order valence-corrected chi connectivity index (χ2v) is 7.73. The number of aliphatic hydroxyl groups excluding tert-OH is 4. The van der Waals surface area contributed by atoms with Gasteiger partial charge in [-0.05, 0) is 31.6 Å². The Morgan fingerprint density at radius 1 is 1.18 bits per heavy atom. The molecule has 162 valence electrons. The number of carbonyl (C=O) groups is 1. The number of aliphatic hydroxyl groups is 4. The molecule has 28 heavy (non-hydrogen) atoms. The van der Waals surface area contributed by atoms with Gasteiger partial charge < -0.3 is 25.7 Å². The van der Waals surface area contributed by atoms with E-state index in [4.69, 9.17) is 5.11 Å². The molecule has 1 aliphatic rings. The average molecular weight is 398 g/mol. The summed E-state index contributed by atoms with van der Waals surface area (Å²) in [4.78, 5) is 11.4. The molecule has 6 nitrogen and oxygen atoms in total. The van der Waals surface area contributed by atoms with Crippen molar-refractivity contribution < 1.29 is 25.2 Å². The summed E-state index contributed by atoms with van der Waals surface area (Å²) in [6, 6.07) is 0. The Bertz CT molecular complexity index is 480. The van der Waals surface area contributed by atoms with Crippen LogP contribution in [-0.4, -0.2) is 57.8 Å². The summed E-state index contributed by atoms with van der Waals surface area (Å²) < 4.78 is 0. The van der Waals surface area contributed by atoms with Gasteiger partial charge in [0.25, 0.3) is 0 Å². The third-order valence-electron chi connectivity index (χ3n) is 5.36. The van der Waals surface area contributed by atoms with Crippen molar-refractivity contribution in [1.82, 2.24) is 5.32 Å². The molecule has 0 aromatic heterocycles. The van der Waals surface area contributed by atoms with Gasteiger partial charge in [0.15, 0.2) is 0 Å². The number of allylic oxidation sites excluding steroid dienone is 2. The maximum Gasteiger partial charge on any atom is 0.220 e. The SMILES string of the molecule is CCCCC[C@@H](O)/C=C/[C@@H]1[C@H](C/C=C\CCCC(=O)NCCO)[C@H](O)C[C@@H]1O. The van der Waals surface area contributed by atoms with E-state index < -0.39 is 18.3 Å². The van der Waals surface area contributed by atoms with Crippen LogP contribution >= 0.6 is 0 Å². The van der Waals surface area contributed by atoms with Crippen LogP contribution in [0, 0.1) is 11.8 Å². The van der Waals surface area contributed by atoms with Crippen molar-refractivity contribution in [3.63, 3.8) is 0 Å². The van der Waals surface area contributed by atoms with Gasteiger partial charge in [-0.2, -0.15) is 0 Å². The number of hydrogen-bond acceptors (Lipinski definition) is 5. The van der Waals surface area contributed by atoms with Crippen LogP contribution in [0.1, 0.15) is 64.7 Å². The maximum absolute atomic E-state index is 11.4. The molecule has 1 saturated carbocycles. The molecular weight excluding hydrogens is 358 g/mol. The normalized spacial score (nSPS) is 26.3. The van der Waals surface area contributed by atoms with Crippen molar-refractivity contribution in [1.29, 1.82) is 0 Å². The Morgan fingerprint density at radius 3 is 2.68 bits per heavy atom. The van der Waals surface area contributed by atoms with E-state index in [1.54, 1.807) is 6.08 Å². The Kier molecular flexibility index (Phi) is 13.1. The average Bonchev–Trinajstić information content (AvgIpc) is 2.94. The molecule has 1 rings (SSSR count).